The van der Waals surface area contributed by atoms with E-state index in [4.69, 9.17) is 9.47 Å². The summed E-state index contributed by atoms with van der Waals surface area (Å²) >= 11 is 0. The normalized spacial score (nSPS) is 13.1. The highest BCUT2D eigenvalue weighted by Gasteiger charge is 2.23. The highest BCUT2D eigenvalue weighted by Crippen LogP contribution is 2.34. The second-order valence-corrected chi connectivity index (χ2v) is 6.36. The lowest BCUT2D eigenvalue weighted by Gasteiger charge is -2.19. The van der Waals surface area contributed by atoms with Gasteiger partial charge in [0.15, 0.2) is 11.5 Å². The van der Waals surface area contributed by atoms with Crippen molar-refractivity contribution >= 4 is 5.91 Å². The molecule has 142 valence electrons. The van der Waals surface area contributed by atoms with Gasteiger partial charge in [0.25, 0.3) is 0 Å². The molecule has 3 aromatic rings. The Labute approximate surface area is 162 Å². The molecule has 1 aromatic carbocycles. The van der Waals surface area contributed by atoms with Gasteiger partial charge >= 0.3 is 0 Å². The molecule has 7 heteroatoms. The lowest BCUT2D eigenvalue weighted by molar-refractivity contribution is -0.123. The Hall–Kier alpha value is -3.45. The van der Waals surface area contributed by atoms with E-state index in [1.165, 1.54) is 0 Å². The monoisotopic (exact) mass is 376 g/mol. The molecule has 0 radical (unpaired) electrons. The minimum absolute atomic E-state index is 0.121. The van der Waals surface area contributed by atoms with Crippen molar-refractivity contribution in [1.82, 2.24) is 20.6 Å². The molecular weight excluding hydrogens is 356 g/mol. The number of amides is 1. The largest absolute Gasteiger partial charge is 0.454 e. The topological polar surface area (TPSA) is 85.4 Å². The second-order valence-electron chi connectivity index (χ2n) is 6.36. The van der Waals surface area contributed by atoms with E-state index in [2.05, 4.69) is 20.6 Å². The number of benzene rings is 1. The van der Waals surface area contributed by atoms with Gasteiger partial charge < -0.3 is 14.8 Å². The van der Waals surface area contributed by atoms with E-state index in [-0.39, 0.29) is 12.7 Å². The van der Waals surface area contributed by atoms with E-state index in [0.29, 0.717) is 24.6 Å². The van der Waals surface area contributed by atoms with Gasteiger partial charge in [-0.1, -0.05) is 6.07 Å². The van der Waals surface area contributed by atoms with E-state index >= 15 is 0 Å². The molecule has 0 bridgehead atoms. The predicted octanol–water partition coefficient (Wildman–Crippen LogP) is 2.35. The maximum absolute atomic E-state index is 13.0. The summed E-state index contributed by atoms with van der Waals surface area (Å²) in [5.74, 6) is 1.22. The first-order valence-electron chi connectivity index (χ1n) is 8.98. The Morgan fingerprint density at radius 3 is 2.25 bits per heavy atom. The van der Waals surface area contributed by atoms with Crippen LogP contribution in [0.5, 0.6) is 11.5 Å². The third-order valence-corrected chi connectivity index (χ3v) is 4.47. The van der Waals surface area contributed by atoms with Gasteiger partial charge in [0.05, 0.1) is 0 Å². The molecule has 1 amide bonds. The summed E-state index contributed by atoms with van der Waals surface area (Å²) in [5.41, 5.74) is 2.84. The number of fused-ring (bicyclic) bond motifs is 1. The molecule has 0 aliphatic carbocycles. The lowest BCUT2D eigenvalue weighted by Crippen LogP contribution is -2.37. The number of rotatable bonds is 7. The fourth-order valence-corrected chi connectivity index (χ4v) is 2.97. The van der Waals surface area contributed by atoms with Crippen molar-refractivity contribution < 1.29 is 14.3 Å². The number of carbonyl (C=O) groups is 1. The zero-order chi connectivity index (χ0) is 19.2. The summed E-state index contributed by atoms with van der Waals surface area (Å²) in [7, 11) is 0. The van der Waals surface area contributed by atoms with Crippen LogP contribution in [0.2, 0.25) is 0 Å². The van der Waals surface area contributed by atoms with Crippen LogP contribution in [-0.4, -0.2) is 22.7 Å². The van der Waals surface area contributed by atoms with E-state index in [1.807, 2.05) is 42.5 Å². The van der Waals surface area contributed by atoms with E-state index < -0.39 is 6.04 Å². The average Bonchev–Trinajstić information content (AvgIpc) is 3.22. The Kier molecular flexibility index (Phi) is 5.44. The molecule has 4 rings (SSSR count). The molecule has 0 saturated carbocycles. The zero-order valence-corrected chi connectivity index (χ0v) is 15.2. The van der Waals surface area contributed by atoms with E-state index in [1.54, 1.807) is 24.8 Å². The van der Waals surface area contributed by atoms with Crippen molar-refractivity contribution in [3.8, 4) is 11.5 Å². The molecule has 3 heterocycles. The molecule has 28 heavy (non-hydrogen) atoms. The van der Waals surface area contributed by atoms with Crippen LogP contribution in [0.25, 0.3) is 0 Å². The third kappa shape index (κ3) is 4.27. The Morgan fingerprint density at radius 2 is 1.54 bits per heavy atom. The van der Waals surface area contributed by atoms with Crippen LogP contribution < -0.4 is 20.1 Å². The molecule has 0 saturated heterocycles. The van der Waals surface area contributed by atoms with Crippen molar-refractivity contribution in [2.75, 3.05) is 6.79 Å². The van der Waals surface area contributed by atoms with E-state index in [9.17, 15) is 4.79 Å². The van der Waals surface area contributed by atoms with Crippen LogP contribution in [0.3, 0.4) is 0 Å². The predicted molar refractivity (Wildman–Crippen MR) is 102 cm³/mol. The quantitative estimate of drug-likeness (QED) is 0.658. The number of pyridine rings is 2. The average molecular weight is 376 g/mol. The Morgan fingerprint density at radius 1 is 0.893 bits per heavy atom. The van der Waals surface area contributed by atoms with Gasteiger partial charge in [-0.15, -0.1) is 0 Å². The molecule has 0 fully saturated rings. The maximum atomic E-state index is 13.0. The Bertz CT molecular complexity index is 935. The number of carbonyl (C=O) groups excluding carboxylic acids is 1. The van der Waals surface area contributed by atoms with Crippen molar-refractivity contribution in [2.24, 2.45) is 0 Å². The summed E-state index contributed by atoms with van der Waals surface area (Å²) in [6.07, 6.45) is 6.88. The fourth-order valence-electron chi connectivity index (χ4n) is 2.97. The number of nitrogens with zero attached hydrogens (tertiary/aromatic N) is 2. The first-order valence-corrected chi connectivity index (χ1v) is 8.98. The molecule has 0 unspecified atom stereocenters. The summed E-state index contributed by atoms with van der Waals surface area (Å²) < 4.78 is 10.8. The van der Waals surface area contributed by atoms with Gasteiger partial charge in [-0.05, 0) is 53.1 Å². The van der Waals surface area contributed by atoms with Gasteiger partial charge in [0, 0.05) is 37.9 Å². The number of aromatic nitrogens is 2. The minimum Gasteiger partial charge on any atom is -0.454 e. The number of nitrogens with one attached hydrogen (secondary N) is 2. The number of hydrogen-bond acceptors (Lipinski definition) is 6. The molecule has 1 atom stereocenters. The van der Waals surface area contributed by atoms with Gasteiger partial charge in [0.2, 0.25) is 12.7 Å². The summed E-state index contributed by atoms with van der Waals surface area (Å²) in [5, 5.41) is 6.32. The first-order chi connectivity index (χ1) is 13.8. The van der Waals surface area contributed by atoms with Gasteiger partial charge in [-0.25, -0.2) is 0 Å². The van der Waals surface area contributed by atoms with Crippen LogP contribution in [-0.2, 0) is 17.9 Å². The standard InChI is InChI=1S/C21H20N4O3/c26-21(25-13-16-5-9-23-10-6-16)20(24-12-15-3-7-22-8-4-15)17-1-2-18-19(11-17)28-14-27-18/h1-11,20,24H,12-14H2,(H,25,26)/t20-/m0/s1. The smallest absolute Gasteiger partial charge is 0.242 e. The third-order valence-electron chi connectivity index (χ3n) is 4.47. The second kappa shape index (κ2) is 8.49. The van der Waals surface area contributed by atoms with Crippen LogP contribution in [0.15, 0.2) is 67.3 Å². The summed E-state index contributed by atoms with van der Waals surface area (Å²) in [6, 6.07) is 12.6. The molecule has 1 aliphatic rings. The first kappa shape index (κ1) is 17.9. The van der Waals surface area contributed by atoms with Gasteiger partial charge in [0.1, 0.15) is 6.04 Å². The maximum Gasteiger partial charge on any atom is 0.242 e. The van der Waals surface area contributed by atoms with Crippen LogP contribution in [0.4, 0.5) is 0 Å². The lowest BCUT2D eigenvalue weighted by atomic mass is 10.0. The number of ether oxygens (including phenoxy) is 2. The van der Waals surface area contributed by atoms with Crippen LogP contribution in [0, 0.1) is 0 Å². The summed E-state index contributed by atoms with van der Waals surface area (Å²) in [6.45, 7) is 1.16. The minimum atomic E-state index is -0.537. The van der Waals surface area contributed by atoms with Crippen LogP contribution >= 0.6 is 0 Å². The molecule has 2 aromatic heterocycles. The highest BCUT2D eigenvalue weighted by molar-refractivity contribution is 5.83. The zero-order valence-electron chi connectivity index (χ0n) is 15.2. The SMILES string of the molecule is O=C(NCc1ccncc1)[C@@H](NCc1ccncc1)c1ccc2c(c1)OCO2. The highest BCUT2D eigenvalue weighted by atomic mass is 16.7. The number of hydrogen-bond donors (Lipinski definition) is 2. The molecule has 2 N–H and O–H groups in total. The molecular formula is C21H20N4O3. The summed E-state index contributed by atoms with van der Waals surface area (Å²) in [4.78, 5) is 21.0. The van der Waals surface area contributed by atoms with Crippen LogP contribution in [0.1, 0.15) is 22.7 Å². The van der Waals surface area contributed by atoms with Gasteiger partial charge in [-0.2, -0.15) is 0 Å². The van der Waals surface area contributed by atoms with E-state index in [0.717, 1.165) is 16.7 Å². The van der Waals surface area contributed by atoms with Gasteiger partial charge in [-0.3, -0.25) is 20.1 Å². The van der Waals surface area contributed by atoms with Crippen molar-refractivity contribution in [3.63, 3.8) is 0 Å². The Balaban J connectivity index is 1.51. The fraction of sp³-hybridized carbons (Fsp3) is 0.190. The van der Waals surface area contributed by atoms with Crippen molar-refractivity contribution in [2.45, 2.75) is 19.1 Å². The molecule has 1 aliphatic heterocycles. The van der Waals surface area contributed by atoms with Crippen molar-refractivity contribution in [1.29, 1.82) is 0 Å². The molecule has 7 nitrogen and oxygen atoms in total. The van der Waals surface area contributed by atoms with Crippen molar-refractivity contribution in [3.05, 3.63) is 83.9 Å². The molecule has 0 spiro atoms.